The molecule has 144 valence electrons. The van der Waals surface area contributed by atoms with Crippen LogP contribution in [0.1, 0.15) is 22.8 Å². The highest BCUT2D eigenvalue weighted by Gasteiger charge is 2.21. The van der Waals surface area contributed by atoms with Crippen LogP contribution in [-0.4, -0.2) is 31.7 Å². The molecule has 0 aromatic heterocycles. The minimum absolute atomic E-state index is 0.0489. The molecule has 0 bridgehead atoms. The standard InChI is InChI=1S/C19H19F2NO5/c1-12(26-18(24)14-7-5-6-13(10-14)11-25-2)17(23)22-15-8-3-4-9-16(15)27-19(20)21/h3-10,12,19H,11H2,1-2H3,(H,22,23)/t12-/m1/s1. The fraction of sp³-hybridized carbons (Fsp3) is 0.263. The van der Waals surface area contributed by atoms with Crippen LogP contribution in [0.15, 0.2) is 48.5 Å². The number of hydrogen-bond donors (Lipinski definition) is 1. The third kappa shape index (κ3) is 6.03. The number of alkyl halides is 2. The molecule has 2 rings (SSSR count). The molecule has 0 aliphatic heterocycles. The van der Waals surface area contributed by atoms with Gasteiger partial charge in [-0.2, -0.15) is 8.78 Å². The lowest BCUT2D eigenvalue weighted by atomic mass is 10.1. The zero-order valence-corrected chi connectivity index (χ0v) is 14.8. The van der Waals surface area contributed by atoms with Crippen molar-refractivity contribution in [2.24, 2.45) is 0 Å². The van der Waals surface area contributed by atoms with E-state index in [1.165, 1.54) is 32.2 Å². The Morgan fingerprint density at radius 3 is 2.56 bits per heavy atom. The van der Waals surface area contributed by atoms with E-state index < -0.39 is 24.6 Å². The molecule has 1 amide bonds. The largest absolute Gasteiger partial charge is 0.449 e. The molecule has 0 heterocycles. The van der Waals surface area contributed by atoms with Crippen LogP contribution in [0, 0.1) is 0 Å². The Morgan fingerprint density at radius 1 is 1.11 bits per heavy atom. The minimum atomic E-state index is -3.03. The molecule has 0 saturated heterocycles. The maximum atomic E-state index is 12.4. The molecule has 2 aromatic rings. The molecule has 6 nitrogen and oxygen atoms in total. The lowest BCUT2D eigenvalue weighted by Crippen LogP contribution is -2.30. The molecule has 0 radical (unpaired) electrons. The average Bonchev–Trinajstić information content (AvgIpc) is 2.63. The summed E-state index contributed by atoms with van der Waals surface area (Å²) < 4.78 is 39.4. The van der Waals surface area contributed by atoms with Gasteiger partial charge in [0, 0.05) is 7.11 Å². The second-order valence-corrected chi connectivity index (χ2v) is 5.54. The number of nitrogens with one attached hydrogen (secondary N) is 1. The van der Waals surface area contributed by atoms with Crippen LogP contribution in [-0.2, 0) is 20.9 Å². The van der Waals surface area contributed by atoms with E-state index in [4.69, 9.17) is 9.47 Å². The van der Waals surface area contributed by atoms with Crippen LogP contribution >= 0.6 is 0 Å². The fourth-order valence-electron chi connectivity index (χ4n) is 2.24. The summed E-state index contributed by atoms with van der Waals surface area (Å²) in [5.41, 5.74) is 1.10. The van der Waals surface area contributed by atoms with E-state index in [1.54, 1.807) is 30.3 Å². The second-order valence-electron chi connectivity index (χ2n) is 5.54. The topological polar surface area (TPSA) is 73.9 Å². The number of ether oxygens (including phenoxy) is 3. The first-order valence-corrected chi connectivity index (χ1v) is 8.04. The molecule has 8 heteroatoms. The van der Waals surface area contributed by atoms with Gasteiger partial charge in [0.05, 0.1) is 17.9 Å². The molecule has 0 saturated carbocycles. The van der Waals surface area contributed by atoms with Crippen molar-refractivity contribution < 1.29 is 32.6 Å². The summed E-state index contributed by atoms with van der Waals surface area (Å²) in [5, 5.41) is 2.41. The van der Waals surface area contributed by atoms with E-state index in [9.17, 15) is 18.4 Å². The van der Waals surface area contributed by atoms with Gasteiger partial charge in [0.15, 0.2) is 6.10 Å². The monoisotopic (exact) mass is 379 g/mol. The van der Waals surface area contributed by atoms with Crippen molar-refractivity contribution in [2.75, 3.05) is 12.4 Å². The van der Waals surface area contributed by atoms with E-state index in [1.807, 2.05) is 0 Å². The lowest BCUT2D eigenvalue weighted by Gasteiger charge is -2.16. The third-order valence-electron chi connectivity index (χ3n) is 3.49. The quantitative estimate of drug-likeness (QED) is 0.709. The van der Waals surface area contributed by atoms with Gasteiger partial charge in [-0.05, 0) is 36.8 Å². The normalized spacial score (nSPS) is 11.7. The number of benzene rings is 2. The van der Waals surface area contributed by atoms with Crippen LogP contribution in [0.25, 0.3) is 0 Å². The van der Waals surface area contributed by atoms with Gasteiger partial charge in [0.1, 0.15) is 5.75 Å². The fourth-order valence-corrected chi connectivity index (χ4v) is 2.24. The van der Waals surface area contributed by atoms with Crippen molar-refractivity contribution in [3.8, 4) is 5.75 Å². The van der Waals surface area contributed by atoms with Gasteiger partial charge in [-0.15, -0.1) is 0 Å². The first kappa shape index (κ1) is 20.3. The zero-order valence-electron chi connectivity index (χ0n) is 14.8. The van der Waals surface area contributed by atoms with Crippen LogP contribution in [0.5, 0.6) is 5.75 Å². The number of carbonyl (C=O) groups excluding carboxylic acids is 2. The maximum absolute atomic E-state index is 12.4. The highest BCUT2D eigenvalue weighted by Crippen LogP contribution is 2.25. The number of halogens is 2. The van der Waals surface area contributed by atoms with Gasteiger partial charge in [-0.3, -0.25) is 4.79 Å². The first-order valence-electron chi connectivity index (χ1n) is 8.04. The Kier molecular flexibility index (Phi) is 7.25. The Hall–Kier alpha value is -3.00. The molecule has 1 atom stereocenters. The maximum Gasteiger partial charge on any atom is 0.387 e. The van der Waals surface area contributed by atoms with Crippen molar-refractivity contribution in [1.82, 2.24) is 0 Å². The number of para-hydroxylation sites is 2. The summed E-state index contributed by atoms with van der Waals surface area (Å²) in [7, 11) is 1.53. The molecule has 0 aliphatic rings. The SMILES string of the molecule is COCc1cccc(C(=O)O[C@H](C)C(=O)Nc2ccccc2OC(F)F)c1. The van der Waals surface area contributed by atoms with E-state index in [-0.39, 0.29) is 17.0 Å². The predicted octanol–water partition coefficient (Wildman–Crippen LogP) is 3.62. The molecular formula is C19H19F2NO5. The Labute approximate surface area is 155 Å². The molecule has 27 heavy (non-hydrogen) atoms. The Morgan fingerprint density at radius 2 is 1.85 bits per heavy atom. The van der Waals surface area contributed by atoms with Gasteiger partial charge < -0.3 is 19.5 Å². The van der Waals surface area contributed by atoms with E-state index in [2.05, 4.69) is 10.1 Å². The van der Waals surface area contributed by atoms with Gasteiger partial charge in [0.2, 0.25) is 0 Å². The minimum Gasteiger partial charge on any atom is -0.449 e. The zero-order chi connectivity index (χ0) is 19.8. The van der Waals surface area contributed by atoms with E-state index >= 15 is 0 Å². The van der Waals surface area contributed by atoms with Gasteiger partial charge in [0.25, 0.3) is 5.91 Å². The van der Waals surface area contributed by atoms with Crippen molar-refractivity contribution in [3.63, 3.8) is 0 Å². The predicted molar refractivity (Wildman–Crippen MR) is 93.7 cm³/mol. The van der Waals surface area contributed by atoms with Gasteiger partial charge in [-0.25, -0.2) is 4.79 Å². The van der Waals surface area contributed by atoms with Crippen LogP contribution in [0.2, 0.25) is 0 Å². The molecule has 0 fully saturated rings. The summed E-state index contributed by atoms with van der Waals surface area (Å²) in [6.45, 7) is -1.32. The highest BCUT2D eigenvalue weighted by molar-refractivity contribution is 5.98. The molecular weight excluding hydrogens is 360 g/mol. The molecule has 2 aromatic carbocycles. The smallest absolute Gasteiger partial charge is 0.387 e. The number of anilines is 1. The van der Waals surface area contributed by atoms with E-state index in [0.717, 1.165) is 5.56 Å². The summed E-state index contributed by atoms with van der Waals surface area (Å²) in [6, 6.07) is 12.3. The van der Waals surface area contributed by atoms with Gasteiger partial charge in [-0.1, -0.05) is 24.3 Å². The van der Waals surface area contributed by atoms with Crippen LogP contribution < -0.4 is 10.1 Å². The lowest BCUT2D eigenvalue weighted by molar-refractivity contribution is -0.123. The number of methoxy groups -OCH3 is 1. The molecule has 0 aliphatic carbocycles. The van der Waals surface area contributed by atoms with Gasteiger partial charge >= 0.3 is 12.6 Å². The van der Waals surface area contributed by atoms with E-state index in [0.29, 0.717) is 6.61 Å². The molecule has 1 N–H and O–H groups in total. The summed E-state index contributed by atoms with van der Waals surface area (Å²) in [5.74, 6) is -1.55. The summed E-state index contributed by atoms with van der Waals surface area (Å²) in [6.07, 6.45) is -1.15. The number of esters is 1. The van der Waals surface area contributed by atoms with Crippen LogP contribution in [0.4, 0.5) is 14.5 Å². The number of hydrogen-bond acceptors (Lipinski definition) is 5. The average molecular weight is 379 g/mol. The third-order valence-corrected chi connectivity index (χ3v) is 3.49. The van der Waals surface area contributed by atoms with Crippen molar-refractivity contribution in [1.29, 1.82) is 0 Å². The number of rotatable bonds is 8. The van der Waals surface area contributed by atoms with Crippen molar-refractivity contribution >= 4 is 17.6 Å². The summed E-state index contributed by atoms with van der Waals surface area (Å²) in [4.78, 5) is 24.4. The molecule has 0 unspecified atom stereocenters. The first-order chi connectivity index (χ1) is 12.9. The second kappa shape index (κ2) is 9.63. The Balaban J connectivity index is 2.01. The Bertz CT molecular complexity index is 797. The van der Waals surface area contributed by atoms with Crippen LogP contribution in [0.3, 0.4) is 0 Å². The highest BCUT2D eigenvalue weighted by atomic mass is 19.3. The molecule has 0 spiro atoms. The summed E-state index contributed by atoms with van der Waals surface area (Å²) >= 11 is 0. The number of carbonyl (C=O) groups is 2. The number of amides is 1. The van der Waals surface area contributed by atoms with Crippen molar-refractivity contribution in [2.45, 2.75) is 26.2 Å². The van der Waals surface area contributed by atoms with Crippen molar-refractivity contribution in [3.05, 3.63) is 59.7 Å².